The van der Waals surface area contributed by atoms with Gasteiger partial charge in [0.1, 0.15) is 23.0 Å². The number of piperazine rings is 1. The van der Waals surface area contributed by atoms with Crippen molar-refractivity contribution in [2.24, 2.45) is 5.41 Å². The standard InChI is InChI=1S/C28H32FN9O/c1-28(2,3)27(39)32-18-11-17(14-30-15-18)16-12-19-22(20(29)13-16)35-36-23(19)26-33-24-21(5-6-31-25(24)34-26)38-9-7-37(4)8-10-38/h5-6,11-15,27,32,39H,7-10H2,1-4H3,(H,35,36)(H,31,33,34). The predicted octanol–water partition coefficient (Wildman–Crippen LogP) is 4.23. The van der Waals surface area contributed by atoms with Crippen molar-refractivity contribution in [1.29, 1.82) is 0 Å². The lowest BCUT2D eigenvalue weighted by atomic mass is 9.94. The van der Waals surface area contributed by atoms with E-state index in [0.29, 0.717) is 39.4 Å². The van der Waals surface area contributed by atoms with Crippen molar-refractivity contribution in [1.82, 2.24) is 35.0 Å². The number of rotatable bonds is 5. The Balaban J connectivity index is 1.38. The topological polar surface area (TPSA) is 122 Å². The van der Waals surface area contributed by atoms with Gasteiger partial charge in [-0.2, -0.15) is 5.10 Å². The molecule has 39 heavy (non-hydrogen) atoms. The summed E-state index contributed by atoms with van der Waals surface area (Å²) in [6, 6.07) is 7.17. The summed E-state index contributed by atoms with van der Waals surface area (Å²) in [5.74, 6) is 0.0884. The van der Waals surface area contributed by atoms with Crippen molar-refractivity contribution in [3.63, 3.8) is 0 Å². The van der Waals surface area contributed by atoms with Crippen molar-refractivity contribution in [3.05, 3.63) is 48.7 Å². The molecule has 0 amide bonds. The molecule has 1 aliphatic heterocycles. The van der Waals surface area contributed by atoms with Crippen molar-refractivity contribution in [2.75, 3.05) is 43.4 Å². The van der Waals surface area contributed by atoms with Gasteiger partial charge in [-0.15, -0.1) is 0 Å². The van der Waals surface area contributed by atoms with Gasteiger partial charge in [-0.3, -0.25) is 10.1 Å². The maximum atomic E-state index is 15.3. The number of halogens is 1. The molecule has 4 N–H and O–H groups in total. The van der Waals surface area contributed by atoms with E-state index >= 15 is 4.39 Å². The van der Waals surface area contributed by atoms with E-state index in [1.54, 1.807) is 18.6 Å². The fourth-order valence-corrected chi connectivity index (χ4v) is 4.80. The molecule has 1 aromatic carbocycles. The van der Waals surface area contributed by atoms with Gasteiger partial charge in [0.15, 0.2) is 17.3 Å². The third-order valence-electron chi connectivity index (χ3n) is 7.26. The van der Waals surface area contributed by atoms with Gasteiger partial charge in [-0.1, -0.05) is 20.8 Å². The number of likely N-dealkylation sites (N-methyl/N-ethyl adjacent to an activating group) is 1. The van der Waals surface area contributed by atoms with Crippen LogP contribution >= 0.6 is 0 Å². The summed E-state index contributed by atoms with van der Waals surface area (Å²) in [4.78, 5) is 21.6. The number of imidazole rings is 1. The molecule has 0 bridgehead atoms. The van der Waals surface area contributed by atoms with Gasteiger partial charge in [-0.05, 0) is 36.9 Å². The number of aliphatic hydroxyl groups is 1. The zero-order chi connectivity index (χ0) is 27.3. The van der Waals surface area contributed by atoms with E-state index < -0.39 is 12.0 Å². The number of aliphatic hydroxyl groups excluding tert-OH is 1. The van der Waals surface area contributed by atoms with Gasteiger partial charge in [-0.25, -0.2) is 14.4 Å². The van der Waals surface area contributed by atoms with Crippen molar-refractivity contribution >= 4 is 33.4 Å². The van der Waals surface area contributed by atoms with Crippen LogP contribution in [0.25, 0.3) is 44.7 Å². The molecular weight excluding hydrogens is 497 g/mol. The number of aromatic amines is 2. The average molecular weight is 530 g/mol. The first-order valence-electron chi connectivity index (χ1n) is 13.0. The van der Waals surface area contributed by atoms with E-state index in [4.69, 9.17) is 4.98 Å². The molecule has 5 aromatic rings. The quantitative estimate of drug-likeness (QED) is 0.250. The molecule has 6 rings (SSSR count). The number of fused-ring (bicyclic) bond motifs is 2. The van der Waals surface area contributed by atoms with Crippen LogP contribution in [0.5, 0.6) is 0 Å². The van der Waals surface area contributed by atoms with E-state index in [1.165, 1.54) is 6.07 Å². The first kappa shape index (κ1) is 25.2. The van der Waals surface area contributed by atoms with Crippen LogP contribution in [0.2, 0.25) is 0 Å². The largest absolute Gasteiger partial charge is 0.373 e. The van der Waals surface area contributed by atoms with Crippen LogP contribution in [-0.2, 0) is 0 Å². The number of anilines is 2. The first-order chi connectivity index (χ1) is 18.7. The minimum Gasteiger partial charge on any atom is -0.373 e. The lowest BCUT2D eigenvalue weighted by molar-refractivity contribution is 0.0880. The smallest absolute Gasteiger partial charge is 0.180 e. The predicted molar refractivity (Wildman–Crippen MR) is 151 cm³/mol. The molecular formula is C28H32FN9O. The Labute approximate surface area is 225 Å². The molecule has 1 fully saturated rings. The molecule has 0 spiro atoms. The number of nitrogens with one attached hydrogen (secondary N) is 3. The molecule has 1 unspecified atom stereocenters. The van der Waals surface area contributed by atoms with Crippen molar-refractivity contribution < 1.29 is 9.50 Å². The minimum atomic E-state index is -0.772. The Morgan fingerprint density at radius 2 is 1.87 bits per heavy atom. The molecule has 1 aliphatic rings. The fraction of sp³-hybridized carbons (Fsp3) is 0.357. The highest BCUT2D eigenvalue weighted by Gasteiger charge is 2.23. The molecule has 0 aliphatic carbocycles. The van der Waals surface area contributed by atoms with Crippen molar-refractivity contribution in [2.45, 2.75) is 27.0 Å². The van der Waals surface area contributed by atoms with Gasteiger partial charge in [0, 0.05) is 54.9 Å². The summed E-state index contributed by atoms with van der Waals surface area (Å²) in [5, 5.41) is 21.4. The van der Waals surface area contributed by atoms with Crippen LogP contribution < -0.4 is 10.2 Å². The van der Waals surface area contributed by atoms with Crippen molar-refractivity contribution in [3.8, 4) is 22.6 Å². The second-order valence-electron chi connectivity index (χ2n) is 11.2. The monoisotopic (exact) mass is 529 g/mol. The summed E-state index contributed by atoms with van der Waals surface area (Å²) in [7, 11) is 2.13. The zero-order valence-electron chi connectivity index (χ0n) is 22.5. The van der Waals surface area contributed by atoms with Gasteiger partial charge in [0.05, 0.1) is 17.6 Å². The fourth-order valence-electron chi connectivity index (χ4n) is 4.80. The first-order valence-corrected chi connectivity index (χ1v) is 13.0. The Kier molecular flexibility index (Phi) is 6.19. The van der Waals surface area contributed by atoms with Gasteiger partial charge < -0.3 is 25.2 Å². The number of aromatic nitrogens is 6. The maximum Gasteiger partial charge on any atom is 0.180 e. The van der Waals surface area contributed by atoms with Crippen LogP contribution in [0.3, 0.4) is 0 Å². The maximum absolute atomic E-state index is 15.3. The minimum absolute atomic E-state index is 0.229. The SMILES string of the molecule is CN1CCN(c2ccnc3nc(-c4[nH]nc5c(F)cc(-c6cncc(NC(O)C(C)(C)C)c6)cc45)[nH]c23)CC1. The summed E-state index contributed by atoms with van der Waals surface area (Å²) in [6.45, 7) is 9.62. The summed E-state index contributed by atoms with van der Waals surface area (Å²) in [5.41, 5.74) is 4.92. The number of H-pyrrole nitrogens is 2. The molecule has 1 saturated heterocycles. The Morgan fingerprint density at radius 1 is 1.08 bits per heavy atom. The number of hydrogen-bond acceptors (Lipinski definition) is 8. The van der Waals surface area contributed by atoms with E-state index in [1.807, 2.05) is 39.0 Å². The second kappa shape index (κ2) is 9.58. The summed E-state index contributed by atoms with van der Waals surface area (Å²) >= 11 is 0. The highest BCUT2D eigenvalue weighted by Crippen LogP contribution is 2.34. The van der Waals surface area contributed by atoms with Gasteiger partial charge >= 0.3 is 0 Å². The molecule has 1 atom stereocenters. The molecule has 0 saturated carbocycles. The lowest BCUT2D eigenvalue weighted by Gasteiger charge is -2.34. The highest BCUT2D eigenvalue weighted by molar-refractivity contribution is 5.97. The van der Waals surface area contributed by atoms with Crippen LogP contribution in [0, 0.1) is 11.2 Å². The Hall–Kier alpha value is -4.09. The molecule has 5 heterocycles. The third-order valence-corrected chi connectivity index (χ3v) is 7.26. The number of pyridine rings is 2. The lowest BCUT2D eigenvalue weighted by Crippen LogP contribution is -2.44. The molecule has 10 nitrogen and oxygen atoms in total. The molecule has 4 aromatic heterocycles. The van der Waals surface area contributed by atoms with Crippen LogP contribution in [0.4, 0.5) is 15.8 Å². The van der Waals surface area contributed by atoms with Crippen LogP contribution in [-0.4, -0.2) is 79.6 Å². The normalized spacial score (nSPS) is 15.8. The van der Waals surface area contributed by atoms with Gasteiger partial charge in [0.2, 0.25) is 0 Å². The van der Waals surface area contributed by atoms with E-state index in [0.717, 1.165) is 37.4 Å². The summed E-state index contributed by atoms with van der Waals surface area (Å²) in [6.07, 6.45) is 4.30. The molecule has 11 heteroatoms. The second-order valence-corrected chi connectivity index (χ2v) is 11.2. The van der Waals surface area contributed by atoms with Gasteiger partial charge in [0.25, 0.3) is 0 Å². The van der Waals surface area contributed by atoms with E-state index in [2.05, 4.69) is 47.3 Å². The van der Waals surface area contributed by atoms with Crippen LogP contribution in [0.15, 0.2) is 42.9 Å². The number of nitrogens with zero attached hydrogens (tertiary/aromatic N) is 6. The molecule has 202 valence electrons. The summed E-state index contributed by atoms with van der Waals surface area (Å²) < 4.78 is 15.3. The van der Waals surface area contributed by atoms with E-state index in [-0.39, 0.29) is 10.9 Å². The zero-order valence-corrected chi connectivity index (χ0v) is 22.5. The number of benzene rings is 1. The Morgan fingerprint density at radius 3 is 2.64 bits per heavy atom. The highest BCUT2D eigenvalue weighted by atomic mass is 19.1. The number of hydrogen-bond donors (Lipinski definition) is 4. The third kappa shape index (κ3) is 4.79. The average Bonchev–Trinajstić information content (AvgIpc) is 3.53. The van der Waals surface area contributed by atoms with Crippen LogP contribution in [0.1, 0.15) is 20.8 Å². The van der Waals surface area contributed by atoms with E-state index in [9.17, 15) is 5.11 Å². The molecule has 0 radical (unpaired) electrons. The Bertz CT molecular complexity index is 1650.